The van der Waals surface area contributed by atoms with E-state index in [1.165, 1.54) is 23.5 Å². The Hall–Kier alpha value is -3.70. The van der Waals surface area contributed by atoms with Crippen molar-refractivity contribution in [1.82, 2.24) is 19.4 Å². The molecule has 0 radical (unpaired) electrons. The van der Waals surface area contributed by atoms with Gasteiger partial charge < -0.3 is 19.3 Å². The lowest BCUT2D eigenvalue weighted by Gasteiger charge is -2.36. The first-order valence-electron chi connectivity index (χ1n) is 12.5. The molecule has 0 bridgehead atoms. The van der Waals surface area contributed by atoms with Gasteiger partial charge in [-0.2, -0.15) is 4.31 Å². The molecule has 1 fully saturated rings. The second-order valence-corrected chi connectivity index (χ2v) is 10.8. The number of carbonyl (C=O) groups is 1. The summed E-state index contributed by atoms with van der Waals surface area (Å²) in [4.78, 5) is 17.0. The van der Waals surface area contributed by atoms with E-state index in [1.54, 1.807) is 24.1 Å². The highest BCUT2D eigenvalue weighted by Crippen LogP contribution is 2.24. The SMILES string of the molecule is CCCN(CC(=O)N1CCN(c2ccc(-c3cccc(OC)c3)nn2)CC1)S(=O)(=O)c1ccc(OC)cc1. The van der Waals surface area contributed by atoms with Gasteiger partial charge in [0.05, 0.1) is 31.4 Å². The number of anilines is 1. The Labute approximate surface area is 223 Å². The quantitative estimate of drug-likeness (QED) is 0.387. The van der Waals surface area contributed by atoms with Crippen molar-refractivity contribution >= 4 is 21.7 Å². The number of ether oxygens (including phenoxy) is 2. The number of methoxy groups -OCH3 is 2. The van der Waals surface area contributed by atoms with Gasteiger partial charge in [-0.1, -0.05) is 19.1 Å². The van der Waals surface area contributed by atoms with Crippen LogP contribution in [0.1, 0.15) is 13.3 Å². The zero-order valence-electron chi connectivity index (χ0n) is 21.9. The summed E-state index contributed by atoms with van der Waals surface area (Å²) in [5.74, 6) is 1.84. The topological polar surface area (TPSA) is 105 Å². The molecule has 0 atom stereocenters. The summed E-state index contributed by atoms with van der Waals surface area (Å²) in [5, 5.41) is 8.76. The fraction of sp³-hybridized carbons (Fsp3) is 0.370. The maximum atomic E-state index is 13.2. The second kappa shape index (κ2) is 12.2. The molecule has 0 aliphatic carbocycles. The number of carbonyl (C=O) groups excluding carboxylic acids is 1. The predicted octanol–water partition coefficient (Wildman–Crippen LogP) is 2.91. The Morgan fingerprint density at radius 1 is 0.921 bits per heavy atom. The van der Waals surface area contributed by atoms with Crippen LogP contribution in [0.3, 0.4) is 0 Å². The lowest BCUT2D eigenvalue weighted by Crippen LogP contribution is -2.52. The summed E-state index contributed by atoms with van der Waals surface area (Å²) in [5.41, 5.74) is 1.66. The van der Waals surface area contributed by atoms with Crippen molar-refractivity contribution in [2.75, 3.05) is 58.4 Å². The smallest absolute Gasteiger partial charge is 0.243 e. The number of benzene rings is 2. The minimum atomic E-state index is -3.81. The fourth-order valence-corrected chi connectivity index (χ4v) is 5.78. The first kappa shape index (κ1) is 27.3. The molecule has 0 saturated carbocycles. The minimum absolute atomic E-state index is 0.139. The van der Waals surface area contributed by atoms with Crippen LogP contribution in [-0.2, 0) is 14.8 Å². The minimum Gasteiger partial charge on any atom is -0.497 e. The zero-order chi connectivity index (χ0) is 27.1. The van der Waals surface area contributed by atoms with Crippen LogP contribution in [0.2, 0.25) is 0 Å². The predicted molar refractivity (Wildman–Crippen MR) is 145 cm³/mol. The highest BCUT2D eigenvalue weighted by molar-refractivity contribution is 7.89. The average molecular weight is 540 g/mol. The van der Waals surface area contributed by atoms with Gasteiger partial charge in [-0.3, -0.25) is 4.79 Å². The van der Waals surface area contributed by atoms with E-state index >= 15 is 0 Å². The molecular weight excluding hydrogens is 506 g/mol. The van der Waals surface area contributed by atoms with Gasteiger partial charge in [0.2, 0.25) is 15.9 Å². The molecule has 1 amide bonds. The molecule has 1 aliphatic rings. The van der Waals surface area contributed by atoms with Crippen molar-refractivity contribution in [3.05, 3.63) is 60.7 Å². The number of aromatic nitrogens is 2. The molecule has 202 valence electrons. The molecule has 10 nitrogen and oxygen atoms in total. The van der Waals surface area contributed by atoms with Crippen LogP contribution in [0.25, 0.3) is 11.3 Å². The van der Waals surface area contributed by atoms with Crippen LogP contribution in [-0.4, -0.2) is 87.2 Å². The number of sulfonamides is 1. The van der Waals surface area contributed by atoms with Gasteiger partial charge in [0.1, 0.15) is 11.5 Å². The molecule has 0 spiro atoms. The monoisotopic (exact) mass is 539 g/mol. The summed E-state index contributed by atoms with van der Waals surface area (Å²) < 4.78 is 38.1. The molecule has 1 saturated heterocycles. The standard InChI is InChI=1S/C27H33N5O5S/c1-4-14-32(38(34,35)24-10-8-22(36-2)9-11-24)20-27(33)31-17-15-30(16-18-31)26-13-12-25(28-29-26)21-6-5-7-23(19-21)37-3/h5-13,19H,4,14-18,20H2,1-3H3. The molecule has 38 heavy (non-hydrogen) atoms. The first-order valence-corrected chi connectivity index (χ1v) is 13.9. The van der Waals surface area contributed by atoms with Crippen molar-refractivity contribution < 1.29 is 22.7 Å². The van der Waals surface area contributed by atoms with Gasteiger partial charge in [0.15, 0.2) is 5.82 Å². The van der Waals surface area contributed by atoms with E-state index in [2.05, 4.69) is 15.1 Å². The summed E-state index contributed by atoms with van der Waals surface area (Å²) in [6.07, 6.45) is 0.598. The summed E-state index contributed by atoms with van der Waals surface area (Å²) in [6, 6.07) is 17.7. The maximum absolute atomic E-state index is 13.2. The summed E-state index contributed by atoms with van der Waals surface area (Å²) in [6.45, 7) is 4.06. The molecule has 2 heterocycles. The number of amides is 1. The number of piperazine rings is 1. The van der Waals surface area contributed by atoms with Crippen LogP contribution in [0, 0.1) is 0 Å². The Balaban J connectivity index is 1.36. The number of hydrogen-bond acceptors (Lipinski definition) is 8. The van der Waals surface area contributed by atoms with E-state index in [0.717, 1.165) is 22.8 Å². The van der Waals surface area contributed by atoms with Crippen molar-refractivity contribution in [3.8, 4) is 22.8 Å². The van der Waals surface area contributed by atoms with Gasteiger partial charge in [0, 0.05) is 38.3 Å². The van der Waals surface area contributed by atoms with E-state index in [0.29, 0.717) is 38.3 Å². The van der Waals surface area contributed by atoms with Gasteiger partial charge in [-0.15, -0.1) is 10.2 Å². The fourth-order valence-electron chi connectivity index (χ4n) is 4.30. The molecule has 1 aromatic heterocycles. The van der Waals surface area contributed by atoms with E-state index in [1.807, 2.05) is 43.3 Å². The third-order valence-corrected chi connectivity index (χ3v) is 8.31. The Morgan fingerprint density at radius 3 is 2.24 bits per heavy atom. The van der Waals surface area contributed by atoms with Crippen molar-refractivity contribution in [2.24, 2.45) is 0 Å². The first-order chi connectivity index (χ1) is 18.3. The maximum Gasteiger partial charge on any atom is 0.243 e. The Kier molecular flexibility index (Phi) is 8.80. The lowest BCUT2D eigenvalue weighted by molar-refractivity contribution is -0.131. The number of rotatable bonds is 10. The number of nitrogens with zero attached hydrogens (tertiary/aromatic N) is 5. The third kappa shape index (κ3) is 6.22. The molecular formula is C27H33N5O5S. The van der Waals surface area contributed by atoms with Gasteiger partial charge in [0.25, 0.3) is 0 Å². The summed E-state index contributed by atoms with van der Waals surface area (Å²) >= 11 is 0. The molecule has 3 aromatic rings. The van der Waals surface area contributed by atoms with Crippen molar-refractivity contribution in [2.45, 2.75) is 18.2 Å². The van der Waals surface area contributed by atoms with Crippen molar-refractivity contribution in [3.63, 3.8) is 0 Å². The molecule has 2 aromatic carbocycles. The molecule has 4 rings (SSSR count). The second-order valence-electron chi connectivity index (χ2n) is 8.89. The molecule has 1 aliphatic heterocycles. The van der Waals surface area contributed by atoms with Crippen molar-refractivity contribution in [1.29, 1.82) is 0 Å². The molecule has 0 N–H and O–H groups in total. The van der Waals surface area contributed by atoms with Gasteiger partial charge >= 0.3 is 0 Å². The van der Waals surface area contributed by atoms with Gasteiger partial charge in [-0.05, 0) is 55.0 Å². The normalized spacial score (nSPS) is 14.0. The molecule has 11 heteroatoms. The highest BCUT2D eigenvalue weighted by atomic mass is 32.2. The average Bonchev–Trinajstić information content (AvgIpc) is 2.97. The summed E-state index contributed by atoms with van der Waals surface area (Å²) in [7, 11) is -0.666. The van der Waals surface area contributed by atoms with Crippen LogP contribution < -0.4 is 14.4 Å². The largest absolute Gasteiger partial charge is 0.497 e. The third-order valence-electron chi connectivity index (χ3n) is 6.45. The lowest BCUT2D eigenvalue weighted by atomic mass is 10.1. The molecule has 0 unspecified atom stereocenters. The van der Waals surface area contributed by atoms with E-state index < -0.39 is 10.0 Å². The van der Waals surface area contributed by atoms with Gasteiger partial charge in [-0.25, -0.2) is 8.42 Å². The van der Waals surface area contributed by atoms with E-state index in [-0.39, 0.29) is 23.9 Å². The van der Waals surface area contributed by atoms with Crippen LogP contribution in [0.4, 0.5) is 5.82 Å². The van der Waals surface area contributed by atoms with Crippen LogP contribution in [0.15, 0.2) is 65.6 Å². The van der Waals surface area contributed by atoms with Crippen LogP contribution in [0.5, 0.6) is 11.5 Å². The van der Waals surface area contributed by atoms with Crippen LogP contribution >= 0.6 is 0 Å². The Morgan fingerprint density at radius 2 is 1.63 bits per heavy atom. The van der Waals surface area contributed by atoms with E-state index in [4.69, 9.17) is 9.47 Å². The number of hydrogen-bond donors (Lipinski definition) is 0. The Bertz CT molecular complexity index is 1320. The highest BCUT2D eigenvalue weighted by Gasteiger charge is 2.29. The zero-order valence-corrected chi connectivity index (χ0v) is 22.7. The van der Waals surface area contributed by atoms with E-state index in [9.17, 15) is 13.2 Å².